The first-order valence-electron chi connectivity index (χ1n) is 12.4. The highest BCUT2D eigenvalue weighted by Gasteiger charge is 2.50. The van der Waals surface area contributed by atoms with Gasteiger partial charge in [-0.3, -0.25) is 9.59 Å². The Morgan fingerprint density at radius 3 is 2.20 bits per heavy atom. The van der Waals surface area contributed by atoms with Gasteiger partial charge < -0.3 is 54.4 Å². The Hall–Kier alpha value is -3.56. The van der Waals surface area contributed by atoms with E-state index in [1.54, 1.807) is 0 Å². The van der Waals surface area contributed by atoms with E-state index in [0.717, 1.165) is 12.1 Å². The van der Waals surface area contributed by atoms with Crippen molar-refractivity contribution in [3.63, 3.8) is 0 Å². The molecule has 2 aliphatic heterocycles. The topological polar surface area (TPSA) is 217 Å². The van der Waals surface area contributed by atoms with Crippen molar-refractivity contribution in [1.82, 2.24) is 0 Å². The van der Waals surface area contributed by atoms with Crippen LogP contribution in [0.4, 0.5) is 0 Å². The molecule has 0 unspecified atom stereocenters. The van der Waals surface area contributed by atoms with Crippen LogP contribution in [0.25, 0.3) is 22.3 Å². The Bertz CT molecular complexity index is 1480. The van der Waals surface area contributed by atoms with E-state index in [9.17, 15) is 45.3 Å². The van der Waals surface area contributed by atoms with Crippen molar-refractivity contribution in [3.05, 3.63) is 52.2 Å². The number of benzene rings is 2. The molecule has 3 aromatic rings. The molecule has 0 spiro atoms. The van der Waals surface area contributed by atoms with Gasteiger partial charge in [-0.2, -0.15) is 0 Å². The lowest BCUT2D eigenvalue weighted by atomic mass is 9.90. The molecule has 0 saturated carbocycles. The minimum atomic E-state index is -1.90. The summed E-state index contributed by atoms with van der Waals surface area (Å²) in [6.45, 7) is 2.73. The number of phenolic OH excluding ortho intramolecular Hbond substituents is 3. The van der Waals surface area contributed by atoms with Gasteiger partial charge in [-0.05, 0) is 38.1 Å². The molecule has 0 amide bonds. The summed E-state index contributed by atoms with van der Waals surface area (Å²) < 4.78 is 22.6. The predicted octanol–water partition coefficient (Wildman–Crippen LogP) is 0.179. The summed E-state index contributed by atoms with van der Waals surface area (Å²) in [6, 6.07) is 7.94. The molecule has 2 fully saturated rings. The molecular formula is C27H28O13. The van der Waals surface area contributed by atoms with Crippen LogP contribution >= 0.6 is 0 Å². The molecule has 1 aromatic heterocycles. The summed E-state index contributed by atoms with van der Waals surface area (Å²) in [5.41, 5.74) is -0.853. The Labute approximate surface area is 226 Å². The first-order valence-corrected chi connectivity index (χ1v) is 12.4. The summed E-state index contributed by atoms with van der Waals surface area (Å²) in [5.74, 6) is -2.11. The second-order valence-electron chi connectivity index (χ2n) is 9.88. The van der Waals surface area contributed by atoms with E-state index in [0.29, 0.717) is 5.56 Å². The number of carbonyl (C=O) groups excluding carboxylic acids is 1. The van der Waals surface area contributed by atoms with Crippen molar-refractivity contribution in [2.45, 2.75) is 69.0 Å². The first-order chi connectivity index (χ1) is 18.9. The van der Waals surface area contributed by atoms with Crippen molar-refractivity contribution in [2.24, 2.45) is 0 Å². The van der Waals surface area contributed by atoms with Crippen LogP contribution in [0.2, 0.25) is 0 Å². The van der Waals surface area contributed by atoms with Gasteiger partial charge in [-0.15, -0.1) is 0 Å². The third kappa shape index (κ3) is 4.71. The Kier molecular flexibility index (Phi) is 7.31. The number of ketones is 1. The minimum Gasteiger partial charge on any atom is -0.508 e. The summed E-state index contributed by atoms with van der Waals surface area (Å²) >= 11 is 0. The minimum absolute atomic E-state index is 0.00254. The lowest BCUT2D eigenvalue weighted by Gasteiger charge is -2.44. The van der Waals surface area contributed by atoms with Crippen LogP contribution in [0.3, 0.4) is 0 Å². The molecule has 40 heavy (non-hydrogen) atoms. The lowest BCUT2D eigenvalue weighted by Crippen LogP contribution is -2.60. The van der Waals surface area contributed by atoms with E-state index in [1.807, 2.05) is 0 Å². The highest BCUT2D eigenvalue weighted by molar-refractivity contribution is 5.90. The van der Waals surface area contributed by atoms with Crippen LogP contribution in [0.15, 0.2) is 45.6 Å². The van der Waals surface area contributed by atoms with Gasteiger partial charge >= 0.3 is 0 Å². The number of Topliss-reactive ketones (excluding diaryl/α,β-unsaturated/α-hetero) is 1. The fourth-order valence-corrected chi connectivity index (χ4v) is 4.94. The average Bonchev–Trinajstić information content (AvgIpc) is 2.91. The van der Waals surface area contributed by atoms with Gasteiger partial charge in [-0.1, -0.05) is 0 Å². The van der Waals surface area contributed by atoms with Gasteiger partial charge in [0.1, 0.15) is 76.7 Å². The lowest BCUT2D eigenvalue weighted by molar-refractivity contribution is -0.323. The average molecular weight is 561 g/mol. The molecular weight excluding hydrogens is 532 g/mol. The molecule has 13 heteroatoms. The molecule has 13 nitrogen and oxygen atoms in total. The van der Waals surface area contributed by atoms with Crippen LogP contribution in [0.1, 0.15) is 25.5 Å². The van der Waals surface area contributed by atoms with Crippen molar-refractivity contribution >= 4 is 16.8 Å². The molecule has 2 saturated heterocycles. The normalized spacial score (nSPS) is 32.9. The van der Waals surface area contributed by atoms with E-state index >= 15 is 0 Å². The van der Waals surface area contributed by atoms with Crippen LogP contribution in [-0.4, -0.2) is 90.5 Å². The molecule has 2 aliphatic rings. The first kappa shape index (κ1) is 28.0. The molecule has 0 bridgehead atoms. The van der Waals surface area contributed by atoms with Crippen molar-refractivity contribution < 1.29 is 59.2 Å². The SMILES string of the molecule is C[C@@H]1O[C@H](c2c(O)cc3oc(-c4ccc(O)cc4)cc(=O)c3c2O)[C@@H](O[C@@H]2O[C@@H](C)[C@H](O)[C@@H](O)[C@@H]2O)[C@H](O)C1=O. The fraction of sp³-hybridized carbons (Fsp3) is 0.407. The highest BCUT2D eigenvalue weighted by Crippen LogP contribution is 2.45. The maximum atomic E-state index is 13.1. The third-order valence-corrected chi connectivity index (χ3v) is 7.20. The number of carbonyl (C=O) groups is 1. The van der Waals surface area contributed by atoms with Gasteiger partial charge in [0.2, 0.25) is 0 Å². The number of rotatable bonds is 4. The number of hydrogen-bond donors (Lipinski definition) is 7. The van der Waals surface area contributed by atoms with Gasteiger partial charge in [0.25, 0.3) is 0 Å². The predicted molar refractivity (Wildman–Crippen MR) is 134 cm³/mol. The van der Waals surface area contributed by atoms with Gasteiger partial charge in [0.15, 0.2) is 17.5 Å². The molecule has 9 atom stereocenters. The maximum absolute atomic E-state index is 13.1. The monoisotopic (exact) mass is 560 g/mol. The molecule has 5 rings (SSSR count). The van der Waals surface area contributed by atoms with Crippen LogP contribution in [-0.2, 0) is 19.0 Å². The largest absolute Gasteiger partial charge is 0.508 e. The number of aliphatic hydroxyl groups excluding tert-OH is 4. The number of fused-ring (bicyclic) bond motifs is 1. The number of ether oxygens (including phenoxy) is 3. The van der Waals surface area contributed by atoms with Gasteiger partial charge in [0.05, 0.1) is 11.7 Å². The van der Waals surface area contributed by atoms with Crippen LogP contribution < -0.4 is 5.43 Å². The van der Waals surface area contributed by atoms with E-state index in [1.165, 1.54) is 38.1 Å². The van der Waals surface area contributed by atoms with Crippen molar-refractivity contribution in [1.29, 1.82) is 0 Å². The molecule has 214 valence electrons. The Morgan fingerprint density at radius 2 is 1.52 bits per heavy atom. The number of phenols is 3. The Balaban J connectivity index is 1.58. The third-order valence-electron chi connectivity index (χ3n) is 7.20. The smallest absolute Gasteiger partial charge is 0.197 e. The summed E-state index contributed by atoms with van der Waals surface area (Å²) in [7, 11) is 0. The number of aliphatic hydroxyl groups is 4. The second-order valence-corrected chi connectivity index (χ2v) is 9.88. The maximum Gasteiger partial charge on any atom is 0.197 e. The standard InChI is InChI=1S/C27H28O13/c1-9-20(32)23(35)26(40-27-24(36)22(34)19(31)10(2)38-27)25(37-9)18-14(30)8-16-17(21(18)33)13(29)7-15(39-16)11-3-5-12(28)6-4-11/h3-10,19,22-28,30-31,33-36H,1-2H3/t9-,10-,19-,22+,23+,24-,25+,26-,27-/m0/s1. The fourth-order valence-electron chi connectivity index (χ4n) is 4.94. The Morgan fingerprint density at radius 1 is 0.850 bits per heavy atom. The highest BCUT2D eigenvalue weighted by atomic mass is 16.7. The second kappa shape index (κ2) is 10.4. The molecule has 2 aromatic carbocycles. The summed E-state index contributed by atoms with van der Waals surface area (Å²) in [5, 5.41) is 72.7. The molecule has 0 radical (unpaired) electrons. The zero-order valence-corrected chi connectivity index (χ0v) is 21.2. The molecule has 3 heterocycles. The van der Waals surface area contributed by atoms with Crippen molar-refractivity contribution in [3.8, 4) is 28.6 Å². The summed E-state index contributed by atoms with van der Waals surface area (Å²) in [4.78, 5) is 25.7. The molecule has 0 aliphatic carbocycles. The van der Waals surface area contributed by atoms with E-state index in [2.05, 4.69) is 0 Å². The summed E-state index contributed by atoms with van der Waals surface area (Å²) in [6.07, 6.45) is -14.0. The van der Waals surface area contributed by atoms with E-state index in [-0.39, 0.29) is 22.5 Å². The zero-order chi connectivity index (χ0) is 29.0. The number of hydrogen-bond acceptors (Lipinski definition) is 13. The van der Waals surface area contributed by atoms with Crippen molar-refractivity contribution in [2.75, 3.05) is 0 Å². The van der Waals surface area contributed by atoms with Gasteiger partial charge in [-0.25, -0.2) is 0 Å². The van der Waals surface area contributed by atoms with E-state index in [4.69, 9.17) is 18.6 Å². The molecule has 7 N–H and O–H groups in total. The van der Waals surface area contributed by atoms with Gasteiger partial charge in [0, 0.05) is 17.7 Å². The van der Waals surface area contributed by atoms with Crippen LogP contribution in [0.5, 0.6) is 17.2 Å². The zero-order valence-electron chi connectivity index (χ0n) is 21.2. The quantitative estimate of drug-likeness (QED) is 0.227. The van der Waals surface area contributed by atoms with E-state index < -0.39 is 83.4 Å². The number of aromatic hydroxyl groups is 3. The van der Waals surface area contributed by atoms with Crippen LogP contribution in [0, 0.1) is 0 Å².